The van der Waals surface area contributed by atoms with Crippen molar-refractivity contribution >= 4 is 11.6 Å². The van der Waals surface area contributed by atoms with E-state index in [2.05, 4.69) is 5.32 Å². The number of carbonyl (C=O) groups excluding carboxylic acids is 1. The number of ether oxygens (including phenoxy) is 2. The van der Waals surface area contributed by atoms with Gasteiger partial charge >= 0.3 is 0 Å². The van der Waals surface area contributed by atoms with Crippen molar-refractivity contribution in [2.75, 3.05) is 11.9 Å². The van der Waals surface area contributed by atoms with Crippen LogP contribution in [0.3, 0.4) is 0 Å². The summed E-state index contributed by atoms with van der Waals surface area (Å²) >= 11 is 0. The summed E-state index contributed by atoms with van der Waals surface area (Å²) < 4.78 is 38.8. The fourth-order valence-electron chi connectivity index (χ4n) is 2.46. The monoisotopic (exact) mass is 369 g/mol. The van der Waals surface area contributed by atoms with Gasteiger partial charge in [0.2, 0.25) is 0 Å². The number of para-hydroxylation sites is 2. The van der Waals surface area contributed by atoms with Gasteiger partial charge in [-0.2, -0.15) is 0 Å². The smallest absolute Gasteiger partial charge is 0.261 e. The summed E-state index contributed by atoms with van der Waals surface area (Å²) in [6, 6.07) is 16.8. The molecule has 0 saturated heterocycles. The number of amides is 1. The van der Waals surface area contributed by atoms with Gasteiger partial charge < -0.3 is 14.8 Å². The van der Waals surface area contributed by atoms with Crippen molar-refractivity contribution in [2.45, 2.75) is 6.92 Å². The SMILES string of the molecule is CCOc1ccc(Oc2ccccc2NC(=O)c2c(F)cccc2F)cc1. The number of benzene rings is 3. The third kappa shape index (κ3) is 4.41. The van der Waals surface area contributed by atoms with E-state index in [0.717, 1.165) is 12.1 Å². The van der Waals surface area contributed by atoms with E-state index < -0.39 is 23.1 Å². The molecule has 0 bridgehead atoms. The normalized spacial score (nSPS) is 10.3. The van der Waals surface area contributed by atoms with Gasteiger partial charge in [0.15, 0.2) is 5.75 Å². The van der Waals surface area contributed by atoms with Crippen LogP contribution in [0.15, 0.2) is 66.7 Å². The number of rotatable bonds is 6. The summed E-state index contributed by atoms with van der Waals surface area (Å²) in [7, 11) is 0. The van der Waals surface area contributed by atoms with Crippen LogP contribution in [-0.2, 0) is 0 Å². The first-order chi connectivity index (χ1) is 13.1. The van der Waals surface area contributed by atoms with Crippen molar-refractivity contribution in [3.05, 3.63) is 83.9 Å². The molecule has 6 heteroatoms. The molecular formula is C21H17F2NO3. The largest absolute Gasteiger partial charge is 0.494 e. The molecule has 27 heavy (non-hydrogen) atoms. The minimum Gasteiger partial charge on any atom is -0.494 e. The molecule has 0 aromatic heterocycles. The molecule has 1 amide bonds. The lowest BCUT2D eigenvalue weighted by molar-refractivity contribution is 0.101. The maximum absolute atomic E-state index is 13.8. The van der Waals surface area contributed by atoms with Gasteiger partial charge in [0.25, 0.3) is 5.91 Å². The van der Waals surface area contributed by atoms with E-state index in [1.165, 1.54) is 6.07 Å². The Kier molecular flexibility index (Phi) is 5.66. The summed E-state index contributed by atoms with van der Waals surface area (Å²) in [5, 5.41) is 2.49. The molecular weight excluding hydrogens is 352 g/mol. The predicted octanol–water partition coefficient (Wildman–Crippen LogP) is 5.41. The Hall–Kier alpha value is -3.41. The number of nitrogens with one attached hydrogen (secondary N) is 1. The highest BCUT2D eigenvalue weighted by Gasteiger charge is 2.18. The molecule has 0 atom stereocenters. The highest BCUT2D eigenvalue weighted by molar-refractivity contribution is 6.05. The predicted molar refractivity (Wildman–Crippen MR) is 98.4 cm³/mol. The van der Waals surface area contributed by atoms with Crippen LogP contribution in [0.5, 0.6) is 17.2 Å². The molecule has 0 radical (unpaired) electrons. The van der Waals surface area contributed by atoms with Crippen molar-refractivity contribution in [1.82, 2.24) is 0 Å². The minimum atomic E-state index is -0.933. The first-order valence-electron chi connectivity index (χ1n) is 8.33. The summed E-state index contributed by atoms with van der Waals surface area (Å²) in [4.78, 5) is 12.3. The summed E-state index contributed by atoms with van der Waals surface area (Å²) in [6.45, 7) is 2.45. The fraction of sp³-hybridized carbons (Fsp3) is 0.0952. The molecule has 0 spiro atoms. The topological polar surface area (TPSA) is 47.6 Å². The molecule has 1 N–H and O–H groups in total. The number of carbonyl (C=O) groups is 1. The maximum Gasteiger partial charge on any atom is 0.261 e. The van der Waals surface area contributed by atoms with Gasteiger partial charge in [0.05, 0.1) is 12.3 Å². The van der Waals surface area contributed by atoms with Gasteiger partial charge in [-0.05, 0) is 55.5 Å². The zero-order valence-electron chi connectivity index (χ0n) is 14.5. The van der Waals surface area contributed by atoms with Crippen molar-refractivity contribution in [2.24, 2.45) is 0 Å². The van der Waals surface area contributed by atoms with Gasteiger partial charge in [-0.1, -0.05) is 18.2 Å². The lowest BCUT2D eigenvalue weighted by atomic mass is 10.1. The van der Waals surface area contributed by atoms with Crippen LogP contribution < -0.4 is 14.8 Å². The van der Waals surface area contributed by atoms with Gasteiger partial charge in [-0.15, -0.1) is 0 Å². The van der Waals surface area contributed by atoms with Crippen LogP contribution in [-0.4, -0.2) is 12.5 Å². The molecule has 0 aliphatic rings. The first-order valence-corrected chi connectivity index (χ1v) is 8.33. The van der Waals surface area contributed by atoms with E-state index in [1.54, 1.807) is 48.5 Å². The Morgan fingerprint density at radius 2 is 1.52 bits per heavy atom. The molecule has 0 saturated carbocycles. The highest BCUT2D eigenvalue weighted by Crippen LogP contribution is 2.31. The van der Waals surface area contributed by atoms with Crippen molar-refractivity contribution in [3.63, 3.8) is 0 Å². The molecule has 0 aliphatic carbocycles. The average molecular weight is 369 g/mol. The Morgan fingerprint density at radius 3 is 2.19 bits per heavy atom. The van der Waals surface area contributed by atoms with Crippen LogP contribution in [0.25, 0.3) is 0 Å². The Bertz CT molecular complexity index is 922. The van der Waals surface area contributed by atoms with Gasteiger partial charge in [0.1, 0.15) is 28.7 Å². The second-order valence-corrected chi connectivity index (χ2v) is 5.55. The summed E-state index contributed by atoms with van der Waals surface area (Å²) in [6.07, 6.45) is 0. The van der Waals surface area contributed by atoms with E-state index >= 15 is 0 Å². The second kappa shape index (κ2) is 8.31. The standard InChI is InChI=1S/C21H17F2NO3/c1-2-26-14-10-12-15(13-11-14)27-19-9-4-3-8-18(19)24-21(25)20-16(22)6-5-7-17(20)23/h3-13H,2H2,1H3,(H,24,25). The highest BCUT2D eigenvalue weighted by atomic mass is 19.1. The van der Waals surface area contributed by atoms with Crippen molar-refractivity contribution < 1.29 is 23.0 Å². The van der Waals surface area contributed by atoms with Gasteiger partial charge in [0, 0.05) is 0 Å². The van der Waals surface area contributed by atoms with Crippen molar-refractivity contribution in [1.29, 1.82) is 0 Å². The molecule has 0 heterocycles. The number of anilines is 1. The van der Waals surface area contributed by atoms with E-state index in [4.69, 9.17) is 9.47 Å². The third-order valence-corrected chi connectivity index (χ3v) is 3.69. The lowest BCUT2D eigenvalue weighted by Gasteiger charge is -2.13. The van der Waals surface area contributed by atoms with Gasteiger partial charge in [-0.25, -0.2) is 8.78 Å². The third-order valence-electron chi connectivity index (χ3n) is 3.69. The fourth-order valence-corrected chi connectivity index (χ4v) is 2.46. The van der Waals surface area contributed by atoms with Crippen LogP contribution in [0, 0.1) is 11.6 Å². The Morgan fingerprint density at radius 1 is 0.889 bits per heavy atom. The van der Waals surface area contributed by atoms with E-state index in [-0.39, 0.29) is 0 Å². The van der Waals surface area contributed by atoms with E-state index in [1.807, 2.05) is 6.92 Å². The van der Waals surface area contributed by atoms with E-state index in [9.17, 15) is 13.6 Å². The molecule has 3 aromatic carbocycles. The number of hydrogen-bond acceptors (Lipinski definition) is 3. The zero-order chi connectivity index (χ0) is 19.2. The van der Waals surface area contributed by atoms with Crippen LogP contribution in [0.2, 0.25) is 0 Å². The maximum atomic E-state index is 13.8. The molecule has 138 valence electrons. The van der Waals surface area contributed by atoms with Gasteiger partial charge in [-0.3, -0.25) is 4.79 Å². The second-order valence-electron chi connectivity index (χ2n) is 5.55. The Balaban J connectivity index is 1.81. The van der Waals surface area contributed by atoms with Crippen LogP contribution in [0.4, 0.5) is 14.5 Å². The number of hydrogen-bond donors (Lipinski definition) is 1. The summed E-state index contributed by atoms with van der Waals surface area (Å²) in [5.41, 5.74) is -0.354. The minimum absolute atomic E-state index is 0.291. The molecule has 3 aromatic rings. The van der Waals surface area contributed by atoms with Crippen LogP contribution >= 0.6 is 0 Å². The molecule has 0 unspecified atom stereocenters. The molecule has 3 rings (SSSR count). The average Bonchev–Trinajstić information content (AvgIpc) is 2.65. The first kappa shape index (κ1) is 18.4. The molecule has 0 aliphatic heterocycles. The van der Waals surface area contributed by atoms with E-state index in [0.29, 0.717) is 29.5 Å². The molecule has 0 fully saturated rings. The lowest BCUT2D eigenvalue weighted by Crippen LogP contribution is -2.16. The Labute approximate surface area is 155 Å². The quantitative estimate of drug-likeness (QED) is 0.632. The summed E-state index contributed by atoms with van der Waals surface area (Å²) in [5.74, 6) is -1.19. The van der Waals surface area contributed by atoms with Crippen molar-refractivity contribution in [3.8, 4) is 17.2 Å². The number of halogens is 2. The van der Waals surface area contributed by atoms with Crippen LogP contribution in [0.1, 0.15) is 17.3 Å². The molecule has 4 nitrogen and oxygen atoms in total. The zero-order valence-corrected chi connectivity index (χ0v) is 14.5.